The Morgan fingerprint density at radius 1 is 1.23 bits per heavy atom. The lowest BCUT2D eigenvalue weighted by molar-refractivity contribution is -0.742. The van der Waals surface area contributed by atoms with Crippen LogP contribution in [0, 0.1) is 20.2 Å². The zero-order valence-corrected chi connectivity index (χ0v) is 14.5. The van der Waals surface area contributed by atoms with E-state index >= 15 is 0 Å². The molecule has 0 amide bonds. The molecule has 26 heavy (non-hydrogen) atoms. The summed E-state index contributed by atoms with van der Waals surface area (Å²) in [4.78, 5) is 22.7. The molecule has 0 saturated heterocycles. The normalized spacial score (nSPS) is 9.04. The topological polar surface area (TPSA) is 204 Å². The molecule has 0 aliphatic rings. The van der Waals surface area contributed by atoms with Gasteiger partial charge in [-0.15, -0.1) is 20.2 Å². The van der Waals surface area contributed by atoms with Gasteiger partial charge in [0.2, 0.25) is 0 Å². The minimum atomic E-state index is -1.50. The van der Waals surface area contributed by atoms with Crippen LogP contribution in [0.3, 0.4) is 0 Å². The van der Waals surface area contributed by atoms with Crippen molar-refractivity contribution in [2.75, 3.05) is 27.2 Å². The summed E-state index contributed by atoms with van der Waals surface area (Å²) in [6, 6.07) is 8.11. The van der Waals surface area contributed by atoms with Gasteiger partial charge in [0.25, 0.3) is 10.2 Å². The van der Waals surface area contributed by atoms with Crippen molar-refractivity contribution in [2.24, 2.45) is 16.5 Å². The Morgan fingerprint density at radius 2 is 1.77 bits per heavy atom. The first-order valence-electron chi connectivity index (χ1n) is 7.13. The van der Waals surface area contributed by atoms with E-state index in [-0.39, 0.29) is 5.96 Å². The van der Waals surface area contributed by atoms with Gasteiger partial charge in [-0.1, -0.05) is 12.1 Å². The third-order valence-electron chi connectivity index (χ3n) is 2.26. The fourth-order valence-electron chi connectivity index (χ4n) is 1.56. The number of guanidine groups is 1. The fourth-order valence-corrected chi connectivity index (χ4v) is 1.56. The van der Waals surface area contributed by atoms with Crippen LogP contribution in [0.25, 0.3) is 0 Å². The summed E-state index contributed by atoms with van der Waals surface area (Å²) in [5.74, 6) is 1.02. The van der Waals surface area contributed by atoms with Crippen LogP contribution >= 0.6 is 0 Å². The molecule has 148 valence electrons. The SMILES string of the molecule is CN(C)Cc1cccc(OCCCN=C(N)N)c1.O=[N+]([O-])O.O=[N+]([O-])O. The van der Waals surface area contributed by atoms with E-state index in [1.165, 1.54) is 5.56 Å². The van der Waals surface area contributed by atoms with Crippen molar-refractivity contribution >= 4 is 5.96 Å². The summed E-state index contributed by atoms with van der Waals surface area (Å²) in [6.07, 6.45) is 0.801. The highest BCUT2D eigenvalue weighted by Crippen LogP contribution is 2.14. The molecule has 0 fully saturated rings. The van der Waals surface area contributed by atoms with Crippen LogP contribution < -0.4 is 16.2 Å². The minimum absolute atomic E-state index is 0.128. The molecule has 1 aromatic carbocycles. The maximum atomic E-state index is 8.36. The maximum Gasteiger partial charge on any atom is 0.291 e. The van der Waals surface area contributed by atoms with Gasteiger partial charge in [-0.05, 0) is 31.8 Å². The van der Waals surface area contributed by atoms with Crippen molar-refractivity contribution in [3.63, 3.8) is 0 Å². The predicted molar refractivity (Wildman–Crippen MR) is 92.2 cm³/mol. The molecule has 13 nitrogen and oxygen atoms in total. The van der Waals surface area contributed by atoms with Crippen LogP contribution in [0.5, 0.6) is 5.75 Å². The van der Waals surface area contributed by atoms with E-state index in [1.807, 2.05) is 26.2 Å². The van der Waals surface area contributed by atoms with E-state index in [1.54, 1.807) is 0 Å². The third-order valence-corrected chi connectivity index (χ3v) is 2.26. The van der Waals surface area contributed by atoms with Gasteiger partial charge < -0.3 is 31.5 Å². The lowest BCUT2D eigenvalue weighted by Crippen LogP contribution is -2.23. The van der Waals surface area contributed by atoms with Gasteiger partial charge >= 0.3 is 0 Å². The molecule has 0 aromatic heterocycles. The molecular weight excluding hydrogens is 352 g/mol. The Kier molecular flexibility index (Phi) is 14.5. The number of ether oxygens (including phenoxy) is 1. The van der Waals surface area contributed by atoms with E-state index in [2.05, 4.69) is 22.0 Å². The van der Waals surface area contributed by atoms with Crippen LogP contribution in [0.1, 0.15) is 12.0 Å². The second kappa shape index (κ2) is 15.2. The van der Waals surface area contributed by atoms with Crippen LogP contribution in [-0.4, -0.2) is 58.7 Å². The molecule has 0 saturated carbocycles. The quantitative estimate of drug-likeness (QED) is 0.166. The molecule has 1 aromatic rings. The molecule has 0 atom stereocenters. The first-order valence-corrected chi connectivity index (χ1v) is 7.13. The highest BCUT2D eigenvalue weighted by Gasteiger charge is 1.98. The number of rotatable bonds is 7. The monoisotopic (exact) mass is 376 g/mol. The Balaban J connectivity index is 0. The van der Waals surface area contributed by atoms with Gasteiger partial charge in [-0.3, -0.25) is 4.99 Å². The molecule has 0 bridgehead atoms. The molecule has 0 spiro atoms. The maximum absolute atomic E-state index is 8.36. The Hall–Kier alpha value is -3.35. The molecule has 6 N–H and O–H groups in total. The van der Waals surface area contributed by atoms with Crippen molar-refractivity contribution in [1.29, 1.82) is 0 Å². The molecule has 1 rings (SSSR count). The predicted octanol–water partition coefficient (Wildman–Crippen LogP) is 0.0951. The third kappa shape index (κ3) is 22.9. The Morgan fingerprint density at radius 3 is 2.23 bits per heavy atom. The Labute approximate surface area is 149 Å². The van der Waals surface area contributed by atoms with Crippen molar-refractivity contribution in [2.45, 2.75) is 13.0 Å². The molecule has 0 unspecified atom stereocenters. The van der Waals surface area contributed by atoms with Gasteiger partial charge in [-0.25, -0.2) is 0 Å². The summed E-state index contributed by atoms with van der Waals surface area (Å²) >= 11 is 0. The van der Waals surface area contributed by atoms with Crippen molar-refractivity contribution in [3.8, 4) is 5.75 Å². The second-order valence-corrected chi connectivity index (χ2v) is 4.87. The van der Waals surface area contributed by atoms with E-state index in [0.29, 0.717) is 13.2 Å². The Bertz CT molecular complexity index is 544. The number of nitrogens with two attached hydrogens (primary N) is 2. The minimum Gasteiger partial charge on any atom is -0.494 e. The molecule has 0 radical (unpaired) electrons. The first-order chi connectivity index (χ1) is 12.0. The number of nitrogens with zero attached hydrogens (tertiary/aromatic N) is 4. The molecule has 0 aliphatic heterocycles. The summed E-state index contributed by atoms with van der Waals surface area (Å²) in [6.45, 7) is 2.12. The molecule has 13 heteroatoms. The molecule has 0 aliphatic carbocycles. The summed E-state index contributed by atoms with van der Waals surface area (Å²) in [5, 5.41) is 27.3. The smallest absolute Gasteiger partial charge is 0.291 e. The van der Waals surface area contributed by atoms with Crippen LogP contribution in [-0.2, 0) is 6.54 Å². The standard InChI is InChI=1S/C13H22N4O.2HNO3/c1-17(2)10-11-5-3-6-12(9-11)18-8-4-7-16-13(14)15;2*2-1(3)4/h3,5-6,9H,4,7-8,10H2,1-2H3,(H4,14,15,16);2*(H,2,3,4). The van der Waals surface area contributed by atoms with Crippen LogP contribution in [0.2, 0.25) is 0 Å². The van der Waals surface area contributed by atoms with Gasteiger partial charge in [0.1, 0.15) is 5.75 Å². The second-order valence-electron chi connectivity index (χ2n) is 4.87. The summed E-state index contributed by atoms with van der Waals surface area (Å²) in [7, 11) is 4.09. The lowest BCUT2D eigenvalue weighted by Gasteiger charge is -2.11. The average molecular weight is 376 g/mol. The fraction of sp³-hybridized carbons (Fsp3) is 0.462. The van der Waals surface area contributed by atoms with Crippen molar-refractivity contribution in [3.05, 3.63) is 50.1 Å². The van der Waals surface area contributed by atoms with E-state index in [4.69, 9.17) is 46.8 Å². The largest absolute Gasteiger partial charge is 0.494 e. The van der Waals surface area contributed by atoms with E-state index in [9.17, 15) is 0 Å². The van der Waals surface area contributed by atoms with E-state index < -0.39 is 10.2 Å². The summed E-state index contributed by atoms with van der Waals surface area (Å²) in [5.41, 5.74) is 11.7. The van der Waals surface area contributed by atoms with E-state index in [0.717, 1.165) is 18.7 Å². The van der Waals surface area contributed by atoms with Crippen LogP contribution in [0.15, 0.2) is 29.3 Å². The number of aliphatic imine (C=N–C) groups is 1. The molecule has 0 heterocycles. The van der Waals surface area contributed by atoms with Gasteiger partial charge in [0.15, 0.2) is 5.96 Å². The molecular formula is C13H24N6O7. The highest BCUT2D eigenvalue weighted by atomic mass is 16.9. The average Bonchev–Trinajstić information content (AvgIpc) is 2.45. The van der Waals surface area contributed by atoms with Crippen molar-refractivity contribution in [1.82, 2.24) is 4.90 Å². The van der Waals surface area contributed by atoms with Gasteiger partial charge in [0.05, 0.1) is 6.61 Å². The zero-order valence-electron chi connectivity index (χ0n) is 14.5. The first kappa shape index (κ1) is 24.9. The zero-order chi connectivity index (χ0) is 20.5. The highest BCUT2D eigenvalue weighted by molar-refractivity contribution is 5.75. The number of hydrogen-bond donors (Lipinski definition) is 4. The van der Waals surface area contributed by atoms with Crippen LogP contribution in [0.4, 0.5) is 0 Å². The number of hydrogen-bond acceptors (Lipinski definition) is 7. The van der Waals surface area contributed by atoms with Crippen molar-refractivity contribution < 1.29 is 25.3 Å². The van der Waals surface area contributed by atoms with Gasteiger partial charge in [0, 0.05) is 19.5 Å². The van der Waals surface area contributed by atoms with Gasteiger partial charge in [-0.2, -0.15) is 0 Å². The summed E-state index contributed by atoms with van der Waals surface area (Å²) < 4.78 is 5.64. The lowest BCUT2D eigenvalue weighted by atomic mass is 10.2. The number of benzene rings is 1.